The third-order valence-corrected chi connectivity index (χ3v) is 8.39. The molecule has 0 fully saturated rings. The second-order valence-electron chi connectivity index (χ2n) is 2.37. The van der Waals surface area contributed by atoms with Crippen molar-refractivity contribution in [1.29, 1.82) is 0 Å². The molecule has 0 aromatic carbocycles. The smallest absolute Gasteiger partial charge is 0.270 e. The first kappa shape index (κ1) is 24.9. The van der Waals surface area contributed by atoms with Gasteiger partial charge in [0.1, 0.15) is 0 Å². The van der Waals surface area contributed by atoms with Crippen LogP contribution in [0.2, 0.25) is 0 Å². The molecule has 0 unspecified atom stereocenters. The van der Waals surface area contributed by atoms with Gasteiger partial charge in [0.05, 0.1) is 0 Å². The Morgan fingerprint density at radius 3 is 1.35 bits per heavy atom. The fourth-order valence-electron chi connectivity index (χ4n) is 0.345. The summed E-state index contributed by atoms with van der Waals surface area (Å²) in [4.78, 5) is 38.4. The normalized spacial score (nSPS) is 11.7. The summed E-state index contributed by atoms with van der Waals surface area (Å²) in [7, 11) is 5.13. The summed E-state index contributed by atoms with van der Waals surface area (Å²) in [5.41, 5.74) is 0. The second-order valence-corrected chi connectivity index (χ2v) is 13.8. The van der Waals surface area contributed by atoms with Gasteiger partial charge in [-0.2, -0.15) is 0 Å². The van der Waals surface area contributed by atoms with E-state index in [0.717, 1.165) is 41.6 Å². The SMILES string of the molecule is O=C(NSSSSSNC(=O)OOC(Cl)(Cl)Cl)OOC(Cl)(Cl)Cl. The highest BCUT2D eigenvalue weighted by molar-refractivity contribution is 9.35. The summed E-state index contributed by atoms with van der Waals surface area (Å²) in [6.45, 7) is 0. The molecule has 0 spiro atoms. The lowest BCUT2D eigenvalue weighted by Crippen LogP contribution is -2.20. The molecule has 8 nitrogen and oxygen atoms in total. The molecule has 0 atom stereocenters. The maximum absolute atomic E-state index is 11.0. The zero-order valence-electron chi connectivity index (χ0n) is 9.76. The maximum Gasteiger partial charge on any atom is 0.449 e. The third-order valence-electron chi connectivity index (χ3n) is 0.797. The van der Waals surface area contributed by atoms with Crippen LogP contribution in [-0.2, 0) is 19.6 Å². The number of carbonyl (C=O) groups excluding carboxylic acids is 2. The Morgan fingerprint density at radius 1 is 0.696 bits per heavy atom. The lowest BCUT2D eigenvalue weighted by molar-refractivity contribution is -0.243. The number of amides is 2. The van der Waals surface area contributed by atoms with E-state index in [4.69, 9.17) is 69.6 Å². The van der Waals surface area contributed by atoms with Crippen LogP contribution in [-0.4, -0.2) is 20.1 Å². The van der Waals surface area contributed by atoms with E-state index < -0.39 is 20.1 Å². The molecule has 0 aliphatic carbocycles. The third kappa shape index (κ3) is 20.1. The van der Waals surface area contributed by atoms with Crippen molar-refractivity contribution in [3.63, 3.8) is 0 Å². The highest BCUT2D eigenvalue weighted by Crippen LogP contribution is 2.46. The van der Waals surface area contributed by atoms with Crippen molar-refractivity contribution >= 4 is 133 Å². The Morgan fingerprint density at radius 2 is 1.04 bits per heavy atom. The van der Waals surface area contributed by atoms with Gasteiger partial charge in [0.2, 0.25) is 0 Å². The molecule has 136 valence electrons. The minimum Gasteiger partial charge on any atom is -0.270 e. The van der Waals surface area contributed by atoms with Crippen LogP contribution in [0.3, 0.4) is 0 Å². The fourth-order valence-corrected chi connectivity index (χ4v) is 7.00. The molecular formula is C4H2Cl6N2O6S5. The summed E-state index contributed by atoms with van der Waals surface area (Å²) in [5.74, 6) is 0. The summed E-state index contributed by atoms with van der Waals surface area (Å²) >= 11 is 31.0. The van der Waals surface area contributed by atoms with Gasteiger partial charge in [-0.15, -0.1) is 9.78 Å². The molecule has 0 aromatic heterocycles. The minimum absolute atomic E-state index is 0.875. The number of hydrogen-bond acceptors (Lipinski definition) is 11. The average molecular weight is 547 g/mol. The Hall–Kier alpha value is 1.95. The quantitative estimate of drug-likeness (QED) is 0.0921. The average Bonchev–Trinajstić information content (AvgIpc) is 2.40. The predicted octanol–water partition coefficient (Wildman–Crippen LogP) is 6.11. The first-order valence-electron chi connectivity index (χ1n) is 4.27. The molecule has 0 aliphatic rings. The molecule has 0 aromatic rings. The minimum atomic E-state index is -2.17. The van der Waals surface area contributed by atoms with E-state index in [-0.39, 0.29) is 0 Å². The zero-order chi connectivity index (χ0) is 17.9. The Bertz CT molecular complexity index is 349. The Balaban J connectivity index is 3.46. The first-order valence-corrected chi connectivity index (χ1v) is 12.7. The number of halogens is 6. The van der Waals surface area contributed by atoms with Crippen molar-refractivity contribution in [2.24, 2.45) is 0 Å². The molecule has 23 heavy (non-hydrogen) atoms. The largest absolute Gasteiger partial charge is 0.449 e. The van der Waals surface area contributed by atoms with Crippen molar-refractivity contribution in [2.45, 2.75) is 7.96 Å². The van der Waals surface area contributed by atoms with Gasteiger partial charge < -0.3 is 0 Å². The van der Waals surface area contributed by atoms with Crippen LogP contribution in [0.5, 0.6) is 0 Å². The van der Waals surface area contributed by atoms with Crippen molar-refractivity contribution in [3.05, 3.63) is 0 Å². The van der Waals surface area contributed by atoms with E-state index in [1.807, 2.05) is 0 Å². The van der Waals surface area contributed by atoms with E-state index in [1.54, 1.807) is 0 Å². The predicted molar refractivity (Wildman–Crippen MR) is 99.9 cm³/mol. The fraction of sp³-hybridized carbons (Fsp3) is 0.500. The van der Waals surface area contributed by atoms with Crippen molar-refractivity contribution in [3.8, 4) is 0 Å². The molecule has 0 heterocycles. The topological polar surface area (TPSA) is 95.1 Å². The van der Waals surface area contributed by atoms with Crippen LogP contribution >= 0.6 is 121 Å². The molecule has 0 bridgehead atoms. The highest BCUT2D eigenvalue weighted by atomic mass is 35.6. The van der Waals surface area contributed by atoms with Crippen LogP contribution in [0.25, 0.3) is 0 Å². The molecule has 0 saturated carbocycles. The van der Waals surface area contributed by atoms with Gasteiger partial charge in [-0.25, -0.2) is 9.59 Å². The van der Waals surface area contributed by atoms with Crippen LogP contribution < -0.4 is 9.44 Å². The molecule has 2 amide bonds. The molecular weight excluding hydrogens is 545 g/mol. The number of alkyl halides is 6. The maximum atomic E-state index is 11.0. The number of carbonyl (C=O) groups is 2. The van der Waals surface area contributed by atoms with E-state index >= 15 is 0 Å². The van der Waals surface area contributed by atoms with Crippen LogP contribution in [0.1, 0.15) is 0 Å². The van der Waals surface area contributed by atoms with Gasteiger partial charge in [0.25, 0.3) is 0 Å². The molecule has 2 N–H and O–H groups in total. The monoisotopic (exact) mass is 544 g/mol. The number of hydrogen-bond donors (Lipinski definition) is 2. The van der Waals surface area contributed by atoms with Crippen LogP contribution in [0, 0.1) is 0 Å². The summed E-state index contributed by atoms with van der Waals surface area (Å²) in [6.07, 6.45) is -1.98. The van der Waals surface area contributed by atoms with Crippen LogP contribution in [0.15, 0.2) is 0 Å². The summed E-state index contributed by atoms with van der Waals surface area (Å²) in [6, 6.07) is 0. The van der Waals surface area contributed by atoms with E-state index in [0.29, 0.717) is 0 Å². The molecule has 0 saturated heterocycles. The van der Waals surface area contributed by atoms with E-state index in [2.05, 4.69) is 29.0 Å². The van der Waals surface area contributed by atoms with Gasteiger partial charge in [0.15, 0.2) is 0 Å². The van der Waals surface area contributed by atoms with E-state index in [1.165, 1.54) is 9.83 Å². The van der Waals surface area contributed by atoms with Crippen molar-refractivity contribution < 1.29 is 29.1 Å². The summed E-state index contributed by atoms with van der Waals surface area (Å²) < 4.78 is 0.0395. The molecule has 0 aliphatic heterocycles. The van der Waals surface area contributed by atoms with Gasteiger partial charge in [-0.1, -0.05) is 0 Å². The molecule has 0 rings (SSSR count). The van der Waals surface area contributed by atoms with Crippen molar-refractivity contribution in [1.82, 2.24) is 9.44 Å². The van der Waals surface area contributed by atoms with Crippen molar-refractivity contribution in [2.75, 3.05) is 0 Å². The second kappa shape index (κ2) is 13.2. The lowest BCUT2D eigenvalue weighted by atomic mass is 11.3. The van der Waals surface area contributed by atoms with E-state index in [9.17, 15) is 9.59 Å². The highest BCUT2D eigenvalue weighted by Gasteiger charge is 2.25. The van der Waals surface area contributed by atoms with Crippen LogP contribution in [0.4, 0.5) is 9.59 Å². The molecule has 19 heteroatoms. The Labute approximate surface area is 178 Å². The van der Waals surface area contributed by atoms with Gasteiger partial charge in [-0.3, -0.25) is 19.2 Å². The Kier molecular flexibility index (Phi) is 14.3. The lowest BCUT2D eigenvalue weighted by Gasteiger charge is -2.09. The summed E-state index contributed by atoms with van der Waals surface area (Å²) in [5, 5.41) is 0. The number of rotatable bonds is 8. The standard InChI is InChI=1S/C4H2Cl6N2O6S5/c5-3(6,7)17-15-1(13)11-19-21-23-22-20-12-2(14)16-18-4(8,9)10/h(H,11,13)(H,12,14). The first-order chi connectivity index (χ1) is 10.5. The van der Waals surface area contributed by atoms with Gasteiger partial charge in [-0.05, 0) is 69.6 Å². The zero-order valence-corrected chi connectivity index (χ0v) is 18.4. The van der Waals surface area contributed by atoms with Gasteiger partial charge in [0, 0.05) is 51.4 Å². The number of nitrogens with one attached hydrogen (secondary N) is 2. The molecule has 0 radical (unpaired) electrons. The van der Waals surface area contributed by atoms with Gasteiger partial charge >= 0.3 is 20.1 Å².